The van der Waals surface area contributed by atoms with Crippen molar-refractivity contribution in [1.82, 2.24) is 5.43 Å². The van der Waals surface area contributed by atoms with Gasteiger partial charge in [-0.1, -0.05) is 60.7 Å². The first kappa shape index (κ1) is 14.8. The normalized spacial score (nSPS) is 10.8. The Morgan fingerprint density at radius 1 is 0.913 bits per heavy atom. The fourth-order valence-electron chi connectivity index (χ4n) is 2.24. The summed E-state index contributed by atoms with van der Waals surface area (Å²) in [7, 11) is 0. The Morgan fingerprint density at radius 3 is 2.48 bits per heavy atom. The summed E-state index contributed by atoms with van der Waals surface area (Å²) in [4.78, 5) is 11.8. The predicted molar refractivity (Wildman–Crippen MR) is 94.6 cm³/mol. The molecule has 0 bridgehead atoms. The Kier molecular flexibility index (Phi) is 4.64. The third kappa shape index (κ3) is 4.17. The van der Waals surface area contributed by atoms with Gasteiger partial charge in [-0.15, -0.1) is 0 Å². The highest BCUT2D eigenvalue weighted by molar-refractivity contribution is 5.87. The highest BCUT2D eigenvalue weighted by Crippen LogP contribution is 2.18. The number of amides is 1. The van der Waals surface area contributed by atoms with Gasteiger partial charge in [0.05, 0.1) is 12.8 Å². The highest BCUT2D eigenvalue weighted by Gasteiger charge is 2.00. The van der Waals surface area contributed by atoms with E-state index in [9.17, 15) is 4.79 Å². The molecule has 0 aliphatic heterocycles. The molecular formula is C19H17N3O. The third-order valence-corrected chi connectivity index (χ3v) is 3.40. The van der Waals surface area contributed by atoms with Crippen LogP contribution in [0.1, 0.15) is 5.56 Å². The number of hydrazone groups is 1. The molecule has 0 aliphatic carbocycles. The largest absolute Gasteiger partial charge is 0.376 e. The molecule has 1 amide bonds. The van der Waals surface area contributed by atoms with Gasteiger partial charge >= 0.3 is 0 Å². The van der Waals surface area contributed by atoms with Gasteiger partial charge < -0.3 is 5.32 Å². The van der Waals surface area contributed by atoms with Crippen molar-refractivity contribution in [2.75, 3.05) is 11.9 Å². The van der Waals surface area contributed by atoms with Gasteiger partial charge in [0.2, 0.25) is 0 Å². The summed E-state index contributed by atoms with van der Waals surface area (Å²) >= 11 is 0. The van der Waals surface area contributed by atoms with E-state index in [2.05, 4.69) is 21.9 Å². The summed E-state index contributed by atoms with van der Waals surface area (Å²) < 4.78 is 0. The summed E-state index contributed by atoms with van der Waals surface area (Å²) in [6.07, 6.45) is 1.62. The molecule has 23 heavy (non-hydrogen) atoms. The molecule has 0 atom stereocenters. The van der Waals surface area contributed by atoms with Crippen LogP contribution in [0.25, 0.3) is 10.8 Å². The summed E-state index contributed by atoms with van der Waals surface area (Å²) in [6, 6.07) is 23.7. The van der Waals surface area contributed by atoms with E-state index in [1.54, 1.807) is 6.21 Å². The van der Waals surface area contributed by atoms with E-state index in [-0.39, 0.29) is 12.5 Å². The molecule has 0 saturated carbocycles. The number of fused-ring (bicyclic) bond motifs is 1. The number of nitrogens with one attached hydrogen (secondary N) is 2. The summed E-state index contributed by atoms with van der Waals surface area (Å²) in [6.45, 7) is 0.171. The lowest BCUT2D eigenvalue weighted by Gasteiger charge is -2.06. The van der Waals surface area contributed by atoms with Crippen molar-refractivity contribution in [2.24, 2.45) is 5.10 Å². The van der Waals surface area contributed by atoms with Gasteiger partial charge in [-0.05, 0) is 28.5 Å². The minimum absolute atomic E-state index is 0.171. The van der Waals surface area contributed by atoms with Crippen molar-refractivity contribution in [3.05, 3.63) is 78.4 Å². The number of carbonyl (C=O) groups is 1. The quantitative estimate of drug-likeness (QED) is 0.560. The molecule has 114 valence electrons. The molecule has 0 spiro atoms. The molecule has 2 N–H and O–H groups in total. The first-order valence-corrected chi connectivity index (χ1v) is 7.41. The van der Waals surface area contributed by atoms with E-state index in [4.69, 9.17) is 0 Å². The Labute approximate surface area is 134 Å². The van der Waals surface area contributed by atoms with Crippen LogP contribution >= 0.6 is 0 Å². The van der Waals surface area contributed by atoms with Crippen molar-refractivity contribution >= 4 is 28.6 Å². The van der Waals surface area contributed by atoms with Crippen LogP contribution in [0.15, 0.2) is 77.9 Å². The van der Waals surface area contributed by atoms with Crippen LogP contribution in [0.3, 0.4) is 0 Å². The number of carbonyl (C=O) groups excluding carboxylic acids is 1. The molecule has 0 unspecified atom stereocenters. The molecule has 4 heteroatoms. The van der Waals surface area contributed by atoms with Crippen LogP contribution < -0.4 is 10.7 Å². The number of rotatable bonds is 5. The van der Waals surface area contributed by atoms with E-state index >= 15 is 0 Å². The van der Waals surface area contributed by atoms with E-state index in [0.717, 1.165) is 16.6 Å². The molecule has 0 saturated heterocycles. The van der Waals surface area contributed by atoms with Gasteiger partial charge in [-0.25, -0.2) is 5.43 Å². The standard InChI is InChI=1S/C19H17N3O/c23-19(22-21-13-15-6-2-1-3-7-15)14-20-18-11-10-16-8-4-5-9-17(16)12-18/h1-13,20H,14H2,(H,22,23)/b21-13+. The molecule has 0 aliphatic rings. The highest BCUT2D eigenvalue weighted by atomic mass is 16.2. The second-order valence-electron chi connectivity index (χ2n) is 5.12. The number of anilines is 1. The zero-order chi connectivity index (χ0) is 15.9. The predicted octanol–water partition coefficient (Wildman–Crippen LogP) is 3.40. The van der Waals surface area contributed by atoms with Gasteiger partial charge in [-0.3, -0.25) is 4.79 Å². The van der Waals surface area contributed by atoms with Gasteiger partial charge in [0.15, 0.2) is 0 Å². The summed E-state index contributed by atoms with van der Waals surface area (Å²) in [5.41, 5.74) is 4.35. The van der Waals surface area contributed by atoms with E-state index in [1.807, 2.05) is 66.7 Å². The molecule has 3 aromatic carbocycles. The van der Waals surface area contributed by atoms with E-state index in [1.165, 1.54) is 5.39 Å². The molecule has 0 radical (unpaired) electrons. The second-order valence-corrected chi connectivity index (χ2v) is 5.12. The molecule has 4 nitrogen and oxygen atoms in total. The van der Waals surface area contributed by atoms with Crippen molar-refractivity contribution in [1.29, 1.82) is 0 Å². The van der Waals surface area contributed by atoms with Crippen molar-refractivity contribution in [3.63, 3.8) is 0 Å². The summed E-state index contributed by atoms with van der Waals surface area (Å²) in [5, 5.41) is 9.35. The van der Waals surface area contributed by atoms with Gasteiger partial charge in [0, 0.05) is 5.69 Å². The lowest BCUT2D eigenvalue weighted by Crippen LogP contribution is -2.25. The van der Waals surface area contributed by atoms with Gasteiger partial charge in [0.25, 0.3) is 5.91 Å². The fraction of sp³-hybridized carbons (Fsp3) is 0.0526. The Bertz CT molecular complexity index is 828. The zero-order valence-electron chi connectivity index (χ0n) is 12.6. The summed E-state index contributed by atoms with van der Waals surface area (Å²) in [5.74, 6) is -0.190. The maximum absolute atomic E-state index is 11.8. The Balaban J connectivity index is 1.52. The zero-order valence-corrected chi connectivity index (χ0v) is 12.6. The lowest BCUT2D eigenvalue weighted by atomic mass is 10.1. The smallest absolute Gasteiger partial charge is 0.259 e. The van der Waals surface area contributed by atoms with Crippen LogP contribution in [-0.2, 0) is 4.79 Å². The van der Waals surface area contributed by atoms with E-state index < -0.39 is 0 Å². The fourth-order valence-corrected chi connectivity index (χ4v) is 2.24. The molecule has 3 rings (SSSR count). The monoisotopic (exact) mass is 303 g/mol. The molecule has 0 aromatic heterocycles. The molecule has 0 heterocycles. The van der Waals surface area contributed by atoms with Crippen LogP contribution in [0.5, 0.6) is 0 Å². The van der Waals surface area contributed by atoms with Crippen LogP contribution in [0, 0.1) is 0 Å². The number of nitrogens with zero attached hydrogens (tertiary/aromatic N) is 1. The second kappa shape index (κ2) is 7.22. The average molecular weight is 303 g/mol. The maximum atomic E-state index is 11.8. The van der Waals surface area contributed by atoms with Crippen molar-refractivity contribution in [2.45, 2.75) is 0 Å². The first-order valence-electron chi connectivity index (χ1n) is 7.41. The maximum Gasteiger partial charge on any atom is 0.259 e. The molecular weight excluding hydrogens is 286 g/mol. The first-order chi connectivity index (χ1) is 11.3. The van der Waals surface area contributed by atoms with Crippen LogP contribution in [0.2, 0.25) is 0 Å². The number of hydrogen-bond donors (Lipinski definition) is 2. The number of benzene rings is 3. The van der Waals surface area contributed by atoms with Crippen LogP contribution in [-0.4, -0.2) is 18.7 Å². The van der Waals surface area contributed by atoms with Crippen LogP contribution in [0.4, 0.5) is 5.69 Å². The van der Waals surface area contributed by atoms with Gasteiger partial charge in [0.1, 0.15) is 0 Å². The minimum Gasteiger partial charge on any atom is -0.376 e. The van der Waals surface area contributed by atoms with E-state index in [0.29, 0.717) is 0 Å². The van der Waals surface area contributed by atoms with Gasteiger partial charge in [-0.2, -0.15) is 5.10 Å². The lowest BCUT2D eigenvalue weighted by molar-refractivity contribution is -0.119. The Hall–Kier alpha value is -3.14. The SMILES string of the molecule is O=C(CNc1ccc2ccccc2c1)N/N=C/c1ccccc1. The Morgan fingerprint density at radius 2 is 1.65 bits per heavy atom. The molecule has 0 fully saturated rings. The minimum atomic E-state index is -0.190. The number of hydrogen-bond acceptors (Lipinski definition) is 3. The topological polar surface area (TPSA) is 53.5 Å². The average Bonchev–Trinajstić information content (AvgIpc) is 2.61. The third-order valence-electron chi connectivity index (χ3n) is 3.40. The molecule has 3 aromatic rings. The van der Waals surface area contributed by atoms with Crippen molar-refractivity contribution < 1.29 is 4.79 Å². The van der Waals surface area contributed by atoms with Crippen molar-refractivity contribution in [3.8, 4) is 0 Å².